The van der Waals surface area contributed by atoms with E-state index in [0.29, 0.717) is 24.4 Å². The minimum absolute atomic E-state index is 0. The molecular weight excluding hydrogens is 373 g/mol. The number of carbonyl (C=O) groups is 2. The number of aryl methyl sites for hydroxylation is 1. The van der Waals surface area contributed by atoms with Gasteiger partial charge in [0.05, 0.1) is 13.1 Å². The molecule has 0 atom stereocenters. The Hall–Kier alpha value is -2.08. The Balaban J connectivity index is 0.00000243. The number of halogens is 2. The fourth-order valence-corrected chi connectivity index (χ4v) is 3.08. The Morgan fingerprint density at radius 3 is 2.58 bits per heavy atom. The molecule has 5 nitrogen and oxygen atoms in total. The standard InChI is InChI=1S/C19H20ClN3O2.ClH/c1-21-11-18(24)22-16-7-8-17-14(10-16)4-9-19(25)23(17)12-13-2-5-15(20)6-3-13;/h2-3,5-8,10,21H,4,9,11-12H2,1H3,(H,22,24);1H. The van der Waals surface area contributed by atoms with Crippen LogP contribution in [0.4, 0.5) is 11.4 Å². The summed E-state index contributed by atoms with van der Waals surface area (Å²) < 4.78 is 0. The molecule has 0 saturated heterocycles. The predicted octanol–water partition coefficient (Wildman–Crippen LogP) is 3.40. The number of rotatable bonds is 5. The highest BCUT2D eigenvalue weighted by atomic mass is 35.5. The number of benzene rings is 2. The van der Waals surface area contributed by atoms with E-state index >= 15 is 0 Å². The Morgan fingerprint density at radius 2 is 1.88 bits per heavy atom. The molecule has 7 heteroatoms. The van der Waals surface area contributed by atoms with Crippen LogP contribution in [0.5, 0.6) is 0 Å². The first-order valence-electron chi connectivity index (χ1n) is 8.19. The van der Waals surface area contributed by atoms with Crippen LogP contribution in [0.3, 0.4) is 0 Å². The Bertz CT molecular complexity index is 794. The Labute approximate surface area is 164 Å². The number of amides is 2. The molecule has 0 fully saturated rings. The molecule has 0 unspecified atom stereocenters. The number of carbonyl (C=O) groups excluding carboxylic acids is 2. The second-order valence-electron chi connectivity index (χ2n) is 6.03. The number of anilines is 2. The highest BCUT2D eigenvalue weighted by Gasteiger charge is 2.24. The van der Waals surface area contributed by atoms with E-state index in [1.807, 2.05) is 42.5 Å². The lowest BCUT2D eigenvalue weighted by Crippen LogP contribution is -2.34. The number of hydrogen-bond donors (Lipinski definition) is 2. The molecule has 0 bridgehead atoms. The van der Waals surface area contributed by atoms with Crippen LogP contribution in [0, 0.1) is 0 Å². The van der Waals surface area contributed by atoms with Crippen molar-refractivity contribution in [1.82, 2.24) is 5.32 Å². The van der Waals surface area contributed by atoms with E-state index in [9.17, 15) is 9.59 Å². The van der Waals surface area contributed by atoms with E-state index in [4.69, 9.17) is 11.6 Å². The van der Waals surface area contributed by atoms with Gasteiger partial charge in [0.1, 0.15) is 0 Å². The molecule has 1 aliphatic rings. The third-order valence-corrected chi connectivity index (χ3v) is 4.41. The largest absolute Gasteiger partial charge is 0.325 e. The van der Waals surface area contributed by atoms with Gasteiger partial charge in [0.25, 0.3) is 0 Å². The van der Waals surface area contributed by atoms with Gasteiger partial charge in [-0.1, -0.05) is 23.7 Å². The second-order valence-corrected chi connectivity index (χ2v) is 6.46. The second kappa shape index (κ2) is 9.03. The van der Waals surface area contributed by atoms with E-state index in [2.05, 4.69) is 10.6 Å². The summed E-state index contributed by atoms with van der Waals surface area (Å²) in [7, 11) is 1.73. The van der Waals surface area contributed by atoms with Crippen LogP contribution in [0.15, 0.2) is 42.5 Å². The number of likely N-dealkylation sites (N-methyl/N-ethyl adjacent to an activating group) is 1. The SMILES string of the molecule is CNCC(=O)Nc1ccc2c(c1)CCC(=O)N2Cc1ccc(Cl)cc1.Cl. The average Bonchev–Trinajstić information content (AvgIpc) is 2.59. The monoisotopic (exact) mass is 393 g/mol. The summed E-state index contributed by atoms with van der Waals surface area (Å²) in [5.41, 5.74) is 3.74. The molecule has 0 spiro atoms. The van der Waals surface area contributed by atoms with Gasteiger partial charge in [-0.15, -0.1) is 12.4 Å². The molecule has 26 heavy (non-hydrogen) atoms. The van der Waals surface area contributed by atoms with Crippen LogP contribution in [0.1, 0.15) is 17.5 Å². The zero-order chi connectivity index (χ0) is 17.8. The first kappa shape index (κ1) is 20.2. The zero-order valence-electron chi connectivity index (χ0n) is 14.4. The van der Waals surface area contributed by atoms with Gasteiger partial charge >= 0.3 is 0 Å². The van der Waals surface area contributed by atoms with E-state index in [1.54, 1.807) is 11.9 Å². The molecule has 3 rings (SSSR count). The van der Waals surface area contributed by atoms with Crippen molar-refractivity contribution in [3.8, 4) is 0 Å². The summed E-state index contributed by atoms with van der Waals surface area (Å²) in [5, 5.41) is 6.35. The first-order valence-corrected chi connectivity index (χ1v) is 8.57. The molecule has 0 radical (unpaired) electrons. The molecule has 0 saturated carbocycles. The topological polar surface area (TPSA) is 61.4 Å². The molecule has 0 aromatic heterocycles. The third-order valence-electron chi connectivity index (χ3n) is 4.15. The van der Waals surface area contributed by atoms with E-state index < -0.39 is 0 Å². The van der Waals surface area contributed by atoms with Crippen LogP contribution in [-0.4, -0.2) is 25.4 Å². The smallest absolute Gasteiger partial charge is 0.238 e. The van der Waals surface area contributed by atoms with E-state index in [1.165, 1.54) is 0 Å². The number of hydrogen-bond acceptors (Lipinski definition) is 3. The van der Waals surface area contributed by atoms with Crippen LogP contribution in [0.25, 0.3) is 0 Å². The van der Waals surface area contributed by atoms with Crippen molar-refractivity contribution in [3.63, 3.8) is 0 Å². The molecule has 2 N–H and O–H groups in total. The van der Waals surface area contributed by atoms with Gasteiger partial charge in [-0.2, -0.15) is 0 Å². The lowest BCUT2D eigenvalue weighted by atomic mass is 9.99. The van der Waals surface area contributed by atoms with Gasteiger partial charge < -0.3 is 15.5 Å². The highest BCUT2D eigenvalue weighted by Crippen LogP contribution is 2.31. The minimum Gasteiger partial charge on any atom is -0.325 e. The summed E-state index contributed by atoms with van der Waals surface area (Å²) in [6, 6.07) is 13.2. The lowest BCUT2D eigenvalue weighted by Gasteiger charge is -2.30. The highest BCUT2D eigenvalue weighted by molar-refractivity contribution is 6.30. The van der Waals surface area contributed by atoms with E-state index in [-0.39, 0.29) is 30.8 Å². The molecule has 138 valence electrons. The molecule has 0 aliphatic carbocycles. The fourth-order valence-electron chi connectivity index (χ4n) is 2.95. The molecule has 1 aliphatic heterocycles. The number of fused-ring (bicyclic) bond motifs is 1. The van der Waals surface area contributed by atoms with Crippen LogP contribution in [0.2, 0.25) is 5.02 Å². The average molecular weight is 394 g/mol. The maximum Gasteiger partial charge on any atom is 0.238 e. The van der Waals surface area contributed by atoms with E-state index in [0.717, 1.165) is 22.5 Å². The van der Waals surface area contributed by atoms with Gasteiger partial charge in [0.2, 0.25) is 11.8 Å². The summed E-state index contributed by atoms with van der Waals surface area (Å²) in [6.45, 7) is 0.771. The van der Waals surface area contributed by atoms with Gasteiger partial charge in [0, 0.05) is 22.8 Å². The van der Waals surface area contributed by atoms with Crippen LogP contribution >= 0.6 is 24.0 Å². The Kier molecular flexibility index (Phi) is 7.03. The van der Waals surface area contributed by atoms with Crippen molar-refractivity contribution in [2.45, 2.75) is 19.4 Å². The molecular formula is C19H21Cl2N3O2. The van der Waals surface area contributed by atoms with Crippen molar-refractivity contribution in [2.24, 2.45) is 0 Å². The zero-order valence-corrected chi connectivity index (χ0v) is 16.0. The summed E-state index contributed by atoms with van der Waals surface area (Å²) in [6.07, 6.45) is 1.15. The summed E-state index contributed by atoms with van der Waals surface area (Å²) in [5.74, 6) is 0.0155. The van der Waals surface area contributed by atoms with Crippen molar-refractivity contribution in [3.05, 3.63) is 58.6 Å². The van der Waals surface area contributed by atoms with Gasteiger partial charge in [-0.3, -0.25) is 9.59 Å². The van der Waals surface area contributed by atoms with Crippen molar-refractivity contribution >= 4 is 47.2 Å². The minimum atomic E-state index is -0.0904. The van der Waals surface area contributed by atoms with Crippen LogP contribution in [-0.2, 0) is 22.6 Å². The first-order chi connectivity index (χ1) is 12.1. The van der Waals surface area contributed by atoms with Gasteiger partial charge in [-0.25, -0.2) is 0 Å². The summed E-state index contributed by atoms with van der Waals surface area (Å²) in [4.78, 5) is 25.9. The third kappa shape index (κ3) is 4.75. The maximum absolute atomic E-state index is 12.4. The molecule has 1 heterocycles. The fraction of sp³-hybridized carbons (Fsp3) is 0.263. The number of nitrogens with one attached hydrogen (secondary N) is 2. The Morgan fingerprint density at radius 1 is 1.15 bits per heavy atom. The molecule has 2 aromatic carbocycles. The molecule has 2 amide bonds. The van der Waals surface area contributed by atoms with Crippen molar-refractivity contribution in [2.75, 3.05) is 23.8 Å². The van der Waals surface area contributed by atoms with Crippen molar-refractivity contribution < 1.29 is 9.59 Å². The molecule has 2 aromatic rings. The number of nitrogens with zero attached hydrogens (tertiary/aromatic N) is 1. The quantitative estimate of drug-likeness (QED) is 0.817. The summed E-state index contributed by atoms with van der Waals surface area (Å²) >= 11 is 5.93. The maximum atomic E-state index is 12.4. The predicted molar refractivity (Wildman–Crippen MR) is 107 cm³/mol. The van der Waals surface area contributed by atoms with Gasteiger partial charge in [-0.05, 0) is 54.9 Å². The van der Waals surface area contributed by atoms with Crippen LogP contribution < -0.4 is 15.5 Å². The normalized spacial score (nSPS) is 13.0. The lowest BCUT2D eigenvalue weighted by molar-refractivity contribution is -0.119. The van der Waals surface area contributed by atoms with Crippen molar-refractivity contribution in [1.29, 1.82) is 0 Å². The van der Waals surface area contributed by atoms with Gasteiger partial charge in [0.15, 0.2) is 0 Å².